The first-order chi connectivity index (χ1) is 24.0. The third-order valence-corrected chi connectivity index (χ3v) is 9.54. The first-order valence-electron chi connectivity index (χ1n) is 17.2. The monoisotopic (exact) mass is 708 g/mol. The summed E-state index contributed by atoms with van der Waals surface area (Å²) in [6.45, 7) is 13.6. The lowest BCUT2D eigenvalue weighted by molar-refractivity contribution is -0.867. The molecule has 2 saturated heterocycles. The molecule has 1 unspecified atom stereocenters. The molecule has 4 atom stereocenters. The number of carbonyl (C=O) groups is 3. The van der Waals surface area contributed by atoms with Gasteiger partial charge in [0.15, 0.2) is 11.6 Å². The summed E-state index contributed by atoms with van der Waals surface area (Å²) in [6, 6.07) is 10.4. The molecule has 3 heterocycles. The first kappa shape index (κ1) is 37.8. The second-order valence-corrected chi connectivity index (χ2v) is 14.6. The van der Waals surface area contributed by atoms with E-state index in [1.54, 1.807) is 32.0 Å². The van der Waals surface area contributed by atoms with Gasteiger partial charge in [-0.1, -0.05) is 12.1 Å². The number of hydrogen-bond acceptors (Lipinski definition) is 8. The quantitative estimate of drug-likeness (QED) is 0.248. The Morgan fingerprint density at radius 3 is 2.43 bits per heavy atom. The number of nitrogens with one attached hydrogen (secondary N) is 2. The van der Waals surface area contributed by atoms with Crippen molar-refractivity contribution in [1.82, 2.24) is 15.2 Å². The fraction of sp³-hybridized carbons (Fsp3) is 0.474. The van der Waals surface area contributed by atoms with E-state index >= 15 is 4.39 Å². The molecule has 51 heavy (non-hydrogen) atoms. The molecular formula is C38H48F2N5O6+. The Balaban J connectivity index is 1.45. The van der Waals surface area contributed by atoms with E-state index in [0.29, 0.717) is 49.5 Å². The summed E-state index contributed by atoms with van der Waals surface area (Å²) < 4.78 is 47.3. The Morgan fingerprint density at radius 1 is 1.06 bits per heavy atom. The number of hydrogen-bond donors (Lipinski definition) is 2. The zero-order valence-corrected chi connectivity index (χ0v) is 30.3. The maximum Gasteiger partial charge on any atom is 0.516 e. The van der Waals surface area contributed by atoms with Crippen molar-refractivity contribution in [1.29, 1.82) is 0 Å². The summed E-state index contributed by atoms with van der Waals surface area (Å²) >= 11 is 0. The molecule has 2 aliphatic heterocycles. The Morgan fingerprint density at radius 2 is 1.80 bits per heavy atom. The van der Waals surface area contributed by atoms with E-state index in [2.05, 4.69) is 20.5 Å². The van der Waals surface area contributed by atoms with Crippen LogP contribution >= 0.6 is 0 Å². The minimum Gasteiger partial charge on any atom is -0.484 e. The highest BCUT2D eigenvalue weighted by Gasteiger charge is 2.45. The Hall–Kier alpha value is -4.46. The SMILES string of the molecule is Cc1ccc([C@@H](CN2CC[N+](C)(C(=O)OC(C)(C)C)[C@H](C)C2)Oc2cc(C)c(C(=O)Nc3ncccc3F)cc2C(=O)NC[C@H]2CCO2)cc1F. The average Bonchev–Trinajstić information content (AvgIpc) is 3.03. The number of ether oxygens (including phenoxy) is 3. The molecule has 2 aromatic carbocycles. The number of pyridine rings is 1. The number of piperazine rings is 1. The van der Waals surface area contributed by atoms with Crippen molar-refractivity contribution in [2.75, 3.05) is 51.7 Å². The molecule has 2 fully saturated rings. The van der Waals surface area contributed by atoms with Crippen molar-refractivity contribution < 1.29 is 41.9 Å². The van der Waals surface area contributed by atoms with Crippen molar-refractivity contribution in [3.8, 4) is 5.75 Å². The smallest absolute Gasteiger partial charge is 0.484 e. The summed E-state index contributed by atoms with van der Waals surface area (Å²) in [5, 5.41) is 5.36. The number of benzene rings is 2. The molecule has 5 rings (SSSR count). The minimum absolute atomic E-state index is 0.0744. The summed E-state index contributed by atoms with van der Waals surface area (Å²) in [4.78, 5) is 46.4. The van der Waals surface area contributed by atoms with E-state index < -0.39 is 35.2 Å². The molecule has 13 heteroatoms. The van der Waals surface area contributed by atoms with Gasteiger partial charge in [-0.3, -0.25) is 14.5 Å². The summed E-state index contributed by atoms with van der Waals surface area (Å²) in [6.07, 6.45) is 1.01. The molecule has 0 spiro atoms. The fourth-order valence-electron chi connectivity index (χ4n) is 6.03. The largest absolute Gasteiger partial charge is 0.516 e. The predicted molar refractivity (Wildman–Crippen MR) is 188 cm³/mol. The zero-order valence-electron chi connectivity index (χ0n) is 30.3. The number of aryl methyl sites for hydroxylation is 2. The summed E-state index contributed by atoms with van der Waals surface area (Å²) in [5.41, 5.74) is 1.07. The lowest BCUT2D eigenvalue weighted by Gasteiger charge is -2.45. The van der Waals surface area contributed by atoms with Crippen LogP contribution in [0.1, 0.15) is 77.6 Å². The lowest BCUT2D eigenvalue weighted by atomic mass is 10.0. The van der Waals surface area contributed by atoms with Gasteiger partial charge >= 0.3 is 6.09 Å². The van der Waals surface area contributed by atoms with Gasteiger partial charge in [-0.05, 0) is 95.0 Å². The normalized spacial score (nSPS) is 21.3. The van der Waals surface area contributed by atoms with E-state index in [1.165, 1.54) is 30.5 Å². The van der Waals surface area contributed by atoms with Crippen LogP contribution in [0.15, 0.2) is 48.7 Å². The summed E-state index contributed by atoms with van der Waals surface area (Å²) in [7, 11) is 1.88. The number of anilines is 1. The van der Waals surface area contributed by atoms with Gasteiger partial charge in [0.2, 0.25) is 0 Å². The first-order valence-corrected chi connectivity index (χ1v) is 17.2. The second kappa shape index (κ2) is 15.4. The molecule has 2 aliphatic rings. The van der Waals surface area contributed by atoms with Crippen molar-refractivity contribution >= 4 is 23.7 Å². The molecule has 0 saturated carbocycles. The molecule has 3 aromatic rings. The number of aromatic nitrogens is 1. The number of quaternary nitrogens is 1. The van der Waals surface area contributed by atoms with Gasteiger partial charge in [0.1, 0.15) is 35.9 Å². The zero-order chi connectivity index (χ0) is 37.1. The van der Waals surface area contributed by atoms with Crippen LogP contribution in [0.5, 0.6) is 5.75 Å². The molecule has 11 nitrogen and oxygen atoms in total. The maximum absolute atomic E-state index is 15.0. The van der Waals surface area contributed by atoms with Crippen molar-refractivity contribution in [3.05, 3.63) is 88.1 Å². The van der Waals surface area contributed by atoms with Gasteiger partial charge in [-0.25, -0.2) is 18.2 Å². The number of carbonyl (C=O) groups excluding carboxylic acids is 3. The van der Waals surface area contributed by atoms with E-state index in [4.69, 9.17) is 14.2 Å². The van der Waals surface area contributed by atoms with Crippen LogP contribution in [-0.4, -0.2) is 96.4 Å². The molecule has 274 valence electrons. The average molecular weight is 709 g/mol. The van der Waals surface area contributed by atoms with Crippen LogP contribution in [0.4, 0.5) is 19.4 Å². The molecular weight excluding hydrogens is 660 g/mol. The summed E-state index contributed by atoms with van der Waals surface area (Å²) in [5.74, 6) is -2.31. The minimum atomic E-state index is -0.742. The van der Waals surface area contributed by atoms with E-state index in [9.17, 15) is 18.8 Å². The van der Waals surface area contributed by atoms with Crippen LogP contribution in [0.3, 0.4) is 0 Å². The molecule has 0 bridgehead atoms. The van der Waals surface area contributed by atoms with Crippen molar-refractivity contribution in [3.63, 3.8) is 0 Å². The Labute approximate surface area is 297 Å². The third-order valence-electron chi connectivity index (χ3n) is 9.54. The standard InChI is InChI=1S/C38H47F2N5O6/c1-23-10-11-26(18-31(23)40)33(22-44-14-15-45(7,25(3)21-44)37(48)51-38(4,5)6)50-32-17-24(2)28(36(47)43-34-30(39)9-8-13-41-34)19-29(32)35(46)42-20-27-12-16-49-27/h8-11,13,17-19,25,27,33H,12,14-16,20-22H2,1-7H3,(H-,41,42,43,46,47)/p+1/t25-,27-,33-,45?/m1/s1. The van der Waals surface area contributed by atoms with E-state index in [-0.39, 0.29) is 52.0 Å². The van der Waals surface area contributed by atoms with Crippen LogP contribution < -0.4 is 15.4 Å². The Kier molecular flexibility index (Phi) is 11.4. The molecule has 3 amide bonds. The van der Waals surface area contributed by atoms with Crippen molar-refractivity contribution in [2.24, 2.45) is 0 Å². The van der Waals surface area contributed by atoms with Gasteiger partial charge < -0.3 is 24.8 Å². The third kappa shape index (κ3) is 9.07. The van der Waals surface area contributed by atoms with Crippen LogP contribution in [0.25, 0.3) is 0 Å². The second-order valence-electron chi connectivity index (χ2n) is 14.6. The van der Waals surface area contributed by atoms with E-state index in [1.807, 2.05) is 34.7 Å². The van der Waals surface area contributed by atoms with Crippen LogP contribution in [0, 0.1) is 25.5 Å². The number of halogens is 2. The highest BCUT2D eigenvalue weighted by atomic mass is 19.1. The molecule has 0 aliphatic carbocycles. The number of nitrogens with zero attached hydrogens (tertiary/aromatic N) is 3. The van der Waals surface area contributed by atoms with Gasteiger partial charge in [0.05, 0.1) is 25.3 Å². The number of rotatable bonds is 10. The van der Waals surface area contributed by atoms with E-state index in [0.717, 1.165) is 6.42 Å². The van der Waals surface area contributed by atoms with Crippen molar-refractivity contribution in [2.45, 2.75) is 71.8 Å². The molecule has 1 aromatic heterocycles. The van der Waals surface area contributed by atoms with Gasteiger partial charge in [-0.2, -0.15) is 4.79 Å². The maximum atomic E-state index is 15.0. The predicted octanol–water partition coefficient (Wildman–Crippen LogP) is 5.95. The Bertz CT molecular complexity index is 1780. The van der Waals surface area contributed by atoms with Gasteiger partial charge in [0, 0.05) is 38.0 Å². The lowest BCUT2D eigenvalue weighted by Crippen LogP contribution is -2.66. The molecule has 0 radical (unpaired) electrons. The molecule has 2 N–H and O–H groups in total. The van der Waals surface area contributed by atoms with Gasteiger partial charge in [-0.15, -0.1) is 0 Å². The van der Waals surface area contributed by atoms with Crippen LogP contribution in [0.2, 0.25) is 0 Å². The number of amides is 3. The topological polar surface area (TPSA) is 119 Å². The van der Waals surface area contributed by atoms with Gasteiger partial charge in [0.25, 0.3) is 11.8 Å². The highest BCUT2D eigenvalue weighted by Crippen LogP contribution is 2.32. The number of likely N-dealkylation sites (N-methyl/N-ethyl adjacent to an activating group) is 1. The highest BCUT2D eigenvalue weighted by molar-refractivity contribution is 6.07. The van der Waals surface area contributed by atoms with Crippen LogP contribution in [-0.2, 0) is 9.47 Å². The fourth-order valence-corrected chi connectivity index (χ4v) is 6.03.